The summed E-state index contributed by atoms with van der Waals surface area (Å²) in [6, 6.07) is 34.8. The molecule has 0 N–H and O–H groups in total. The van der Waals surface area contributed by atoms with Crippen LogP contribution in [0.2, 0.25) is 0 Å². The van der Waals surface area contributed by atoms with E-state index in [1.54, 1.807) is 0 Å². The maximum atomic E-state index is 13.9. The number of benzene rings is 4. The second-order valence-corrected chi connectivity index (χ2v) is 10.6. The van der Waals surface area contributed by atoms with Crippen LogP contribution in [0, 0.1) is 0 Å². The molecule has 200 valence electrons. The molecule has 4 aromatic rings. The Morgan fingerprint density at radius 3 is 2.03 bits per heavy atom. The van der Waals surface area contributed by atoms with Gasteiger partial charge in [-0.3, -0.25) is 9.59 Å². The third-order valence-corrected chi connectivity index (χ3v) is 7.92. The van der Waals surface area contributed by atoms with Gasteiger partial charge >= 0.3 is 0 Å². The maximum absolute atomic E-state index is 13.9. The van der Waals surface area contributed by atoms with E-state index in [0.717, 1.165) is 48.4 Å². The smallest absolute Gasteiger partial charge is 0.254 e. The Morgan fingerprint density at radius 2 is 1.31 bits per heavy atom. The first kappa shape index (κ1) is 26.7. The van der Waals surface area contributed by atoms with E-state index in [1.165, 1.54) is 12.0 Å². The van der Waals surface area contributed by atoms with Crippen LogP contribution in [0.15, 0.2) is 103 Å². The Labute approximate surface area is 232 Å². The zero-order valence-electron chi connectivity index (χ0n) is 22.7. The van der Waals surface area contributed by atoms with Crippen LogP contribution < -0.4 is 0 Å². The van der Waals surface area contributed by atoms with Crippen LogP contribution in [-0.2, 0) is 17.8 Å². The number of rotatable bonds is 10. The van der Waals surface area contributed by atoms with Gasteiger partial charge in [0.1, 0.15) is 0 Å². The zero-order chi connectivity index (χ0) is 26.9. The number of carbonyl (C=O) groups excluding carboxylic acids is 2. The van der Waals surface area contributed by atoms with Gasteiger partial charge < -0.3 is 9.80 Å². The van der Waals surface area contributed by atoms with E-state index in [-0.39, 0.29) is 17.9 Å². The van der Waals surface area contributed by atoms with Crippen LogP contribution in [0.1, 0.15) is 60.0 Å². The number of fused-ring (bicyclic) bond motifs is 1. The van der Waals surface area contributed by atoms with E-state index in [1.807, 2.05) is 76.5 Å². The molecular formula is C35H38N2O2. The van der Waals surface area contributed by atoms with Crippen molar-refractivity contribution in [1.82, 2.24) is 9.80 Å². The molecule has 0 saturated heterocycles. The summed E-state index contributed by atoms with van der Waals surface area (Å²) in [6.07, 6.45) is 6.65. The van der Waals surface area contributed by atoms with Gasteiger partial charge in [-0.25, -0.2) is 0 Å². The van der Waals surface area contributed by atoms with Crippen molar-refractivity contribution in [3.8, 4) is 0 Å². The average Bonchev–Trinajstić information content (AvgIpc) is 3.00. The average molecular weight is 519 g/mol. The second-order valence-electron chi connectivity index (χ2n) is 10.6. The molecule has 0 unspecified atom stereocenters. The normalized spacial score (nSPS) is 13.7. The highest BCUT2D eigenvalue weighted by atomic mass is 16.2. The predicted octanol–water partition coefficient (Wildman–Crippen LogP) is 7.28. The molecule has 0 atom stereocenters. The second kappa shape index (κ2) is 13.2. The Bertz CT molecular complexity index is 1360. The Hall–Kier alpha value is -3.92. The first-order valence-electron chi connectivity index (χ1n) is 14.3. The zero-order valence-corrected chi connectivity index (χ0v) is 22.7. The summed E-state index contributed by atoms with van der Waals surface area (Å²) >= 11 is 0. The van der Waals surface area contributed by atoms with Crippen LogP contribution in [0.5, 0.6) is 0 Å². The number of nitrogens with zero attached hydrogens (tertiary/aromatic N) is 2. The van der Waals surface area contributed by atoms with Crippen molar-refractivity contribution in [3.63, 3.8) is 0 Å². The summed E-state index contributed by atoms with van der Waals surface area (Å²) in [5.41, 5.74) is 3.05. The number of hydrogen-bond donors (Lipinski definition) is 0. The molecule has 0 bridgehead atoms. The monoisotopic (exact) mass is 518 g/mol. The Kier molecular flexibility index (Phi) is 9.05. The lowest BCUT2D eigenvalue weighted by atomic mass is 9.93. The summed E-state index contributed by atoms with van der Waals surface area (Å²) in [7, 11) is 0. The molecule has 1 aliphatic rings. The lowest BCUT2D eigenvalue weighted by Gasteiger charge is -2.35. The molecule has 4 nitrogen and oxygen atoms in total. The number of carbonyl (C=O) groups is 2. The molecule has 39 heavy (non-hydrogen) atoms. The van der Waals surface area contributed by atoms with Crippen molar-refractivity contribution in [3.05, 3.63) is 120 Å². The van der Waals surface area contributed by atoms with Gasteiger partial charge in [-0.1, -0.05) is 110 Å². The van der Waals surface area contributed by atoms with Crippen LogP contribution in [0.25, 0.3) is 10.8 Å². The molecule has 1 saturated carbocycles. The van der Waals surface area contributed by atoms with E-state index in [4.69, 9.17) is 0 Å². The summed E-state index contributed by atoms with van der Waals surface area (Å²) in [5.74, 6) is 0.140. The molecule has 0 aromatic heterocycles. The minimum atomic E-state index is 0.0411. The highest BCUT2D eigenvalue weighted by Crippen LogP contribution is 2.26. The quantitative estimate of drug-likeness (QED) is 0.221. The predicted molar refractivity (Wildman–Crippen MR) is 158 cm³/mol. The van der Waals surface area contributed by atoms with Crippen LogP contribution in [0.4, 0.5) is 0 Å². The number of hydrogen-bond acceptors (Lipinski definition) is 2. The summed E-state index contributed by atoms with van der Waals surface area (Å²) < 4.78 is 0. The molecular weight excluding hydrogens is 480 g/mol. The molecule has 0 heterocycles. The fourth-order valence-electron chi connectivity index (χ4n) is 5.71. The van der Waals surface area contributed by atoms with E-state index < -0.39 is 0 Å². The van der Waals surface area contributed by atoms with Crippen molar-refractivity contribution in [2.45, 2.75) is 57.5 Å². The molecule has 4 aromatic carbocycles. The van der Waals surface area contributed by atoms with Crippen molar-refractivity contribution in [2.75, 3.05) is 13.1 Å². The van der Waals surface area contributed by atoms with Gasteiger partial charge in [-0.15, -0.1) is 0 Å². The standard InChI is InChI=1S/C35H38N2O2/c38-34(36(27-29-14-6-2-7-15-29)24-22-28-12-4-1-5-13-28)23-25-37(33-18-8-3-9-19-33)35(39)32-21-20-30-16-10-11-17-31(30)26-32/h1-2,4-7,10-17,20-21,26,33H,3,8-9,18-19,22-25,27H2. The van der Waals surface area contributed by atoms with Gasteiger partial charge in [0.15, 0.2) is 0 Å². The van der Waals surface area contributed by atoms with E-state index in [0.29, 0.717) is 31.6 Å². The third kappa shape index (κ3) is 7.14. The minimum absolute atomic E-state index is 0.0411. The molecule has 5 rings (SSSR count). The van der Waals surface area contributed by atoms with Crippen molar-refractivity contribution >= 4 is 22.6 Å². The van der Waals surface area contributed by atoms with Crippen molar-refractivity contribution in [1.29, 1.82) is 0 Å². The van der Waals surface area contributed by atoms with E-state index >= 15 is 0 Å². The first-order valence-corrected chi connectivity index (χ1v) is 14.3. The fourth-order valence-corrected chi connectivity index (χ4v) is 5.71. The van der Waals surface area contributed by atoms with E-state index in [9.17, 15) is 9.59 Å². The summed E-state index contributed by atoms with van der Waals surface area (Å²) in [4.78, 5) is 31.5. The van der Waals surface area contributed by atoms with Gasteiger partial charge in [0, 0.05) is 37.7 Å². The van der Waals surface area contributed by atoms with Crippen LogP contribution in [0.3, 0.4) is 0 Å². The van der Waals surface area contributed by atoms with Gasteiger partial charge in [0.2, 0.25) is 5.91 Å². The number of amides is 2. The van der Waals surface area contributed by atoms with Crippen molar-refractivity contribution in [2.24, 2.45) is 0 Å². The highest BCUT2D eigenvalue weighted by molar-refractivity contribution is 5.99. The fraction of sp³-hybridized carbons (Fsp3) is 0.314. The molecule has 4 heteroatoms. The van der Waals surface area contributed by atoms with Gasteiger partial charge in [0.25, 0.3) is 5.91 Å². The van der Waals surface area contributed by atoms with Crippen LogP contribution in [-0.4, -0.2) is 40.7 Å². The first-order chi connectivity index (χ1) is 19.2. The highest BCUT2D eigenvalue weighted by Gasteiger charge is 2.27. The van der Waals surface area contributed by atoms with Crippen molar-refractivity contribution < 1.29 is 9.59 Å². The third-order valence-electron chi connectivity index (χ3n) is 7.92. The van der Waals surface area contributed by atoms with Crippen LogP contribution >= 0.6 is 0 Å². The molecule has 1 aliphatic carbocycles. The molecule has 0 radical (unpaired) electrons. The van der Waals surface area contributed by atoms with Gasteiger partial charge in [-0.05, 0) is 53.3 Å². The Morgan fingerprint density at radius 1 is 0.667 bits per heavy atom. The maximum Gasteiger partial charge on any atom is 0.254 e. The van der Waals surface area contributed by atoms with Gasteiger partial charge in [0.05, 0.1) is 0 Å². The Balaban J connectivity index is 1.32. The molecule has 0 spiro atoms. The summed E-state index contributed by atoms with van der Waals surface area (Å²) in [5, 5.41) is 2.20. The summed E-state index contributed by atoms with van der Waals surface area (Å²) in [6.45, 7) is 1.68. The van der Waals surface area contributed by atoms with E-state index in [2.05, 4.69) is 36.4 Å². The largest absolute Gasteiger partial charge is 0.338 e. The topological polar surface area (TPSA) is 40.6 Å². The molecule has 1 fully saturated rings. The molecule has 2 amide bonds. The van der Waals surface area contributed by atoms with Gasteiger partial charge in [-0.2, -0.15) is 0 Å². The minimum Gasteiger partial charge on any atom is -0.338 e. The lowest BCUT2D eigenvalue weighted by Crippen LogP contribution is -2.44. The SMILES string of the molecule is O=C(CCN(C(=O)c1ccc2ccccc2c1)C1CCCCC1)N(CCc1ccccc1)Cc1ccccc1. The lowest BCUT2D eigenvalue weighted by molar-refractivity contribution is -0.132. The molecule has 0 aliphatic heterocycles.